The zero-order chi connectivity index (χ0) is 19.2. The summed E-state index contributed by atoms with van der Waals surface area (Å²) in [5.74, 6) is 0.232. The Hall–Kier alpha value is -2.95. The Morgan fingerprint density at radius 1 is 1.15 bits per heavy atom. The van der Waals surface area contributed by atoms with Gasteiger partial charge in [-0.15, -0.1) is 0 Å². The number of benzene rings is 1. The van der Waals surface area contributed by atoms with Crippen molar-refractivity contribution in [3.05, 3.63) is 65.9 Å². The summed E-state index contributed by atoms with van der Waals surface area (Å²) in [6.07, 6.45) is 3.27. The summed E-state index contributed by atoms with van der Waals surface area (Å²) in [6.45, 7) is 4.95. The predicted octanol–water partition coefficient (Wildman–Crippen LogP) is 3.67. The third-order valence-corrected chi connectivity index (χ3v) is 4.81. The van der Waals surface area contributed by atoms with Gasteiger partial charge in [-0.3, -0.25) is 9.59 Å². The molecule has 5 heteroatoms. The van der Waals surface area contributed by atoms with Gasteiger partial charge < -0.3 is 10.2 Å². The van der Waals surface area contributed by atoms with E-state index in [1.165, 1.54) is 0 Å². The standard InChI is InChI=1S/C22H25N3O2/c1-16(18-9-4-3-5-10-18)14-21(26)25-13-7-11-19(15-25)22(27)24-20-12-6-8-17(2)23-20/h3-6,8-10,12,14,19H,7,11,13,15H2,1-2H3,(H,23,24,27)/b16-14+. The van der Waals surface area contributed by atoms with Crippen LogP contribution < -0.4 is 5.32 Å². The summed E-state index contributed by atoms with van der Waals surface area (Å²) in [7, 11) is 0. The lowest BCUT2D eigenvalue weighted by atomic mass is 9.96. The van der Waals surface area contributed by atoms with Crippen molar-refractivity contribution in [2.75, 3.05) is 18.4 Å². The summed E-state index contributed by atoms with van der Waals surface area (Å²) in [5.41, 5.74) is 2.81. The Bertz CT molecular complexity index is 846. The molecule has 0 saturated carbocycles. The molecular formula is C22H25N3O2. The molecule has 3 rings (SSSR count). The van der Waals surface area contributed by atoms with Crippen LogP contribution in [0.15, 0.2) is 54.6 Å². The first-order valence-electron chi connectivity index (χ1n) is 9.30. The Balaban J connectivity index is 1.63. The number of likely N-dealkylation sites (tertiary alicyclic amines) is 1. The second-order valence-electron chi connectivity index (χ2n) is 6.97. The molecule has 1 atom stereocenters. The zero-order valence-electron chi connectivity index (χ0n) is 15.8. The van der Waals surface area contributed by atoms with Crippen molar-refractivity contribution in [1.82, 2.24) is 9.88 Å². The number of carbonyl (C=O) groups excluding carboxylic acids is 2. The SMILES string of the molecule is C/C(=C\C(=O)N1CCCC(C(=O)Nc2cccc(C)n2)C1)c1ccccc1. The molecule has 1 saturated heterocycles. The van der Waals surface area contributed by atoms with E-state index in [2.05, 4.69) is 10.3 Å². The van der Waals surface area contributed by atoms with Crippen molar-refractivity contribution in [2.45, 2.75) is 26.7 Å². The number of hydrogen-bond acceptors (Lipinski definition) is 3. The van der Waals surface area contributed by atoms with Gasteiger partial charge in [0.05, 0.1) is 5.92 Å². The van der Waals surface area contributed by atoms with Crippen LogP contribution in [-0.4, -0.2) is 34.8 Å². The Morgan fingerprint density at radius 3 is 2.67 bits per heavy atom. The molecule has 1 aliphatic heterocycles. The highest BCUT2D eigenvalue weighted by Gasteiger charge is 2.28. The van der Waals surface area contributed by atoms with Crippen LogP contribution in [0.3, 0.4) is 0 Å². The zero-order valence-corrected chi connectivity index (χ0v) is 15.8. The number of aryl methyl sites for hydroxylation is 1. The molecule has 140 valence electrons. The summed E-state index contributed by atoms with van der Waals surface area (Å²) in [5, 5.41) is 2.88. The van der Waals surface area contributed by atoms with Crippen LogP contribution >= 0.6 is 0 Å². The second-order valence-corrected chi connectivity index (χ2v) is 6.97. The number of aromatic nitrogens is 1. The van der Waals surface area contributed by atoms with Gasteiger partial charge in [0.2, 0.25) is 11.8 Å². The van der Waals surface area contributed by atoms with Gasteiger partial charge in [0.25, 0.3) is 0 Å². The first-order chi connectivity index (χ1) is 13.0. The van der Waals surface area contributed by atoms with E-state index in [0.717, 1.165) is 29.7 Å². The highest BCUT2D eigenvalue weighted by atomic mass is 16.2. The van der Waals surface area contributed by atoms with Crippen molar-refractivity contribution in [3.8, 4) is 0 Å². The van der Waals surface area contributed by atoms with Crippen molar-refractivity contribution >= 4 is 23.2 Å². The molecule has 27 heavy (non-hydrogen) atoms. The average Bonchev–Trinajstić information content (AvgIpc) is 2.68. The van der Waals surface area contributed by atoms with Gasteiger partial charge in [-0.05, 0) is 50.0 Å². The lowest BCUT2D eigenvalue weighted by Crippen LogP contribution is -2.43. The average molecular weight is 363 g/mol. The van der Waals surface area contributed by atoms with Crippen LogP contribution in [0.4, 0.5) is 5.82 Å². The van der Waals surface area contributed by atoms with Gasteiger partial charge in [-0.1, -0.05) is 36.4 Å². The van der Waals surface area contributed by atoms with Gasteiger partial charge >= 0.3 is 0 Å². The number of rotatable bonds is 4. The van der Waals surface area contributed by atoms with Crippen molar-refractivity contribution in [1.29, 1.82) is 0 Å². The maximum Gasteiger partial charge on any atom is 0.246 e. The summed E-state index contributed by atoms with van der Waals surface area (Å²) < 4.78 is 0. The minimum Gasteiger partial charge on any atom is -0.338 e. The Kier molecular flexibility index (Phi) is 6.01. The molecular weight excluding hydrogens is 338 g/mol. The summed E-state index contributed by atoms with van der Waals surface area (Å²) in [6, 6.07) is 15.4. The lowest BCUT2D eigenvalue weighted by Gasteiger charge is -2.31. The van der Waals surface area contributed by atoms with E-state index in [4.69, 9.17) is 0 Å². The number of anilines is 1. The fourth-order valence-corrected chi connectivity index (χ4v) is 3.29. The number of amides is 2. The molecule has 0 aliphatic carbocycles. The fraction of sp³-hybridized carbons (Fsp3) is 0.318. The maximum absolute atomic E-state index is 12.7. The molecule has 1 unspecified atom stereocenters. The lowest BCUT2D eigenvalue weighted by molar-refractivity contribution is -0.130. The second kappa shape index (κ2) is 8.62. The maximum atomic E-state index is 12.7. The minimum absolute atomic E-state index is 0.0393. The number of hydrogen-bond donors (Lipinski definition) is 1. The molecule has 0 spiro atoms. The normalized spacial score (nSPS) is 17.5. The monoisotopic (exact) mass is 363 g/mol. The van der Waals surface area contributed by atoms with E-state index >= 15 is 0 Å². The van der Waals surface area contributed by atoms with Gasteiger partial charge in [-0.2, -0.15) is 0 Å². The minimum atomic E-state index is -0.213. The highest BCUT2D eigenvalue weighted by Crippen LogP contribution is 2.20. The molecule has 2 heterocycles. The van der Waals surface area contributed by atoms with Crippen LogP contribution in [0, 0.1) is 12.8 Å². The van der Waals surface area contributed by atoms with E-state index in [1.807, 2.05) is 56.3 Å². The number of carbonyl (C=O) groups is 2. The van der Waals surface area contributed by atoms with E-state index in [1.54, 1.807) is 17.0 Å². The molecule has 0 radical (unpaired) electrons. The molecule has 2 amide bonds. The number of nitrogens with one attached hydrogen (secondary N) is 1. The van der Waals surface area contributed by atoms with Crippen LogP contribution in [0.1, 0.15) is 31.0 Å². The largest absolute Gasteiger partial charge is 0.338 e. The highest BCUT2D eigenvalue weighted by molar-refractivity contribution is 5.96. The smallest absolute Gasteiger partial charge is 0.246 e. The molecule has 1 aliphatic rings. The van der Waals surface area contributed by atoms with Crippen LogP contribution in [0.5, 0.6) is 0 Å². The van der Waals surface area contributed by atoms with Crippen molar-refractivity contribution in [3.63, 3.8) is 0 Å². The third-order valence-electron chi connectivity index (χ3n) is 4.81. The van der Waals surface area contributed by atoms with E-state index in [-0.39, 0.29) is 17.7 Å². The van der Waals surface area contributed by atoms with E-state index < -0.39 is 0 Å². The summed E-state index contributed by atoms with van der Waals surface area (Å²) in [4.78, 5) is 31.3. The summed E-state index contributed by atoms with van der Waals surface area (Å²) >= 11 is 0. The van der Waals surface area contributed by atoms with Crippen LogP contribution in [0.25, 0.3) is 5.57 Å². The van der Waals surface area contributed by atoms with Crippen molar-refractivity contribution < 1.29 is 9.59 Å². The van der Waals surface area contributed by atoms with Crippen LogP contribution in [-0.2, 0) is 9.59 Å². The number of piperidine rings is 1. The van der Waals surface area contributed by atoms with E-state index in [9.17, 15) is 9.59 Å². The number of pyridine rings is 1. The molecule has 1 aromatic heterocycles. The molecule has 2 aromatic rings. The fourth-order valence-electron chi connectivity index (χ4n) is 3.29. The van der Waals surface area contributed by atoms with Gasteiger partial charge in [0, 0.05) is 24.9 Å². The quantitative estimate of drug-likeness (QED) is 0.843. The molecule has 1 N–H and O–H groups in total. The first-order valence-corrected chi connectivity index (χ1v) is 9.30. The first kappa shape index (κ1) is 18.8. The molecule has 1 fully saturated rings. The van der Waals surface area contributed by atoms with Gasteiger partial charge in [-0.25, -0.2) is 4.98 Å². The Labute approximate surface area is 160 Å². The number of allylic oxidation sites excluding steroid dienone is 1. The molecule has 0 bridgehead atoms. The van der Waals surface area contributed by atoms with Gasteiger partial charge in [0.15, 0.2) is 0 Å². The topological polar surface area (TPSA) is 62.3 Å². The van der Waals surface area contributed by atoms with Crippen molar-refractivity contribution in [2.24, 2.45) is 5.92 Å². The van der Waals surface area contributed by atoms with Gasteiger partial charge in [0.1, 0.15) is 5.82 Å². The number of nitrogens with zero attached hydrogens (tertiary/aromatic N) is 2. The molecule has 1 aromatic carbocycles. The predicted molar refractivity (Wildman–Crippen MR) is 107 cm³/mol. The van der Waals surface area contributed by atoms with E-state index in [0.29, 0.717) is 18.9 Å². The third kappa shape index (κ3) is 5.03. The Morgan fingerprint density at radius 2 is 1.93 bits per heavy atom. The van der Waals surface area contributed by atoms with Crippen LogP contribution in [0.2, 0.25) is 0 Å². The molecule has 5 nitrogen and oxygen atoms in total.